The standard InChI is InChI=1S/C19H24F3NO5/c1-18(2,3)28-16(25)9-8-14(17(26)27-4)23-15(24)11-12-6-5-7-13(10-12)19(20,21)22/h5-7,10,14H,8-9,11H2,1-4H3,(H,23,24)/t14-/m0/s1. The van der Waals surface area contributed by atoms with Crippen molar-refractivity contribution in [2.24, 2.45) is 0 Å². The zero-order valence-electron chi connectivity index (χ0n) is 16.2. The molecule has 0 unspecified atom stereocenters. The molecule has 1 atom stereocenters. The van der Waals surface area contributed by atoms with Gasteiger partial charge in [-0.3, -0.25) is 9.59 Å². The van der Waals surface area contributed by atoms with Crippen molar-refractivity contribution >= 4 is 17.8 Å². The van der Waals surface area contributed by atoms with Crippen LogP contribution in [0.1, 0.15) is 44.7 Å². The van der Waals surface area contributed by atoms with Crippen LogP contribution in [0.2, 0.25) is 0 Å². The van der Waals surface area contributed by atoms with Crippen LogP contribution in [0.5, 0.6) is 0 Å². The maximum absolute atomic E-state index is 12.8. The minimum atomic E-state index is -4.52. The lowest BCUT2D eigenvalue weighted by Gasteiger charge is -2.21. The zero-order valence-corrected chi connectivity index (χ0v) is 16.2. The summed E-state index contributed by atoms with van der Waals surface area (Å²) in [7, 11) is 1.13. The summed E-state index contributed by atoms with van der Waals surface area (Å²) >= 11 is 0. The van der Waals surface area contributed by atoms with E-state index in [4.69, 9.17) is 4.74 Å². The van der Waals surface area contributed by atoms with Crippen molar-refractivity contribution in [2.75, 3.05) is 7.11 Å². The second-order valence-corrected chi connectivity index (χ2v) is 7.14. The molecule has 1 N–H and O–H groups in total. The summed E-state index contributed by atoms with van der Waals surface area (Å²) in [4.78, 5) is 35.8. The number of halogens is 3. The number of hydrogen-bond acceptors (Lipinski definition) is 5. The number of hydrogen-bond donors (Lipinski definition) is 1. The normalized spacial score (nSPS) is 12.8. The first kappa shape index (κ1) is 23.5. The van der Waals surface area contributed by atoms with Crippen LogP contribution >= 0.6 is 0 Å². The van der Waals surface area contributed by atoms with Crippen LogP contribution < -0.4 is 5.32 Å². The van der Waals surface area contributed by atoms with E-state index in [1.807, 2.05) is 0 Å². The van der Waals surface area contributed by atoms with E-state index in [2.05, 4.69) is 10.1 Å². The Labute approximate surface area is 161 Å². The molecule has 0 heterocycles. The van der Waals surface area contributed by atoms with Gasteiger partial charge in [0.25, 0.3) is 0 Å². The van der Waals surface area contributed by atoms with Gasteiger partial charge < -0.3 is 14.8 Å². The van der Waals surface area contributed by atoms with Gasteiger partial charge in [0.1, 0.15) is 11.6 Å². The fourth-order valence-electron chi connectivity index (χ4n) is 2.33. The van der Waals surface area contributed by atoms with E-state index >= 15 is 0 Å². The molecule has 0 aromatic heterocycles. The van der Waals surface area contributed by atoms with Gasteiger partial charge in [-0.05, 0) is 38.8 Å². The third-order valence-corrected chi connectivity index (χ3v) is 3.50. The highest BCUT2D eigenvalue weighted by molar-refractivity contribution is 5.86. The molecule has 6 nitrogen and oxygen atoms in total. The number of esters is 2. The predicted octanol–water partition coefficient (Wildman–Crippen LogP) is 3.03. The van der Waals surface area contributed by atoms with Crippen LogP contribution in [0.25, 0.3) is 0 Å². The minimum absolute atomic E-state index is 0.0596. The molecule has 0 saturated carbocycles. The lowest BCUT2D eigenvalue weighted by atomic mass is 10.1. The molecule has 28 heavy (non-hydrogen) atoms. The summed E-state index contributed by atoms with van der Waals surface area (Å²) < 4.78 is 48.0. The lowest BCUT2D eigenvalue weighted by Crippen LogP contribution is -2.42. The fraction of sp³-hybridized carbons (Fsp3) is 0.526. The number of nitrogens with one attached hydrogen (secondary N) is 1. The number of methoxy groups -OCH3 is 1. The maximum Gasteiger partial charge on any atom is 0.416 e. The van der Waals surface area contributed by atoms with Crippen molar-refractivity contribution in [3.05, 3.63) is 35.4 Å². The summed E-state index contributed by atoms with van der Waals surface area (Å²) in [6.45, 7) is 5.08. The third-order valence-electron chi connectivity index (χ3n) is 3.50. The van der Waals surface area contributed by atoms with Crippen molar-refractivity contribution in [1.82, 2.24) is 5.32 Å². The highest BCUT2D eigenvalue weighted by atomic mass is 19.4. The number of amides is 1. The lowest BCUT2D eigenvalue weighted by molar-refractivity contribution is -0.155. The van der Waals surface area contributed by atoms with E-state index in [0.29, 0.717) is 0 Å². The average molecular weight is 403 g/mol. The van der Waals surface area contributed by atoms with Crippen LogP contribution in [-0.2, 0) is 36.5 Å². The molecule has 156 valence electrons. The molecule has 0 aliphatic carbocycles. The SMILES string of the molecule is COC(=O)[C@H](CCC(=O)OC(C)(C)C)NC(=O)Cc1cccc(C(F)(F)F)c1. The van der Waals surface area contributed by atoms with E-state index in [1.54, 1.807) is 20.8 Å². The first-order chi connectivity index (χ1) is 12.8. The molecular formula is C19H24F3NO5. The predicted molar refractivity (Wildman–Crippen MR) is 94.2 cm³/mol. The Hall–Kier alpha value is -2.58. The summed E-state index contributed by atoms with van der Waals surface area (Å²) in [5, 5.41) is 2.39. The molecule has 1 rings (SSSR count). The van der Waals surface area contributed by atoms with Gasteiger partial charge in [0.05, 0.1) is 19.1 Å². The zero-order chi connectivity index (χ0) is 21.5. The van der Waals surface area contributed by atoms with Gasteiger partial charge in [0.2, 0.25) is 5.91 Å². The highest BCUT2D eigenvalue weighted by Gasteiger charge is 2.30. The van der Waals surface area contributed by atoms with Gasteiger partial charge in [-0.15, -0.1) is 0 Å². The van der Waals surface area contributed by atoms with E-state index in [9.17, 15) is 27.6 Å². The first-order valence-electron chi connectivity index (χ1n) is 8.57. The summed E-state index contributed by atoms with van der Waals surface area (Å²) in [5.41, 5.74) is -1.42. The number of alkyl halides is 3. The van der Waals surface area contributed by atoms with Gasteiger partial charge in [-0.1, -0.05) is 18.2 Å². The van der Waals surface area contributed by atoms with Gasteiger partial charge in [-0.25, -0.2) is 4.79 Å². The van der Waals surface area contributed by atoms with E-state index in [1.165, 1.54) is 12.1 Å². The van der Waals surface area contributed by atoms with Crippen LogP contribution in [-0.4, -0.2) is 36.6 Å². The molecule has 0 spiro atoms. The second-order valence-electron chi connectivity index (χ2n) is 7.14. The van der Waals surface area contributed by atoms with Crippen LogP contribution in [0, 0.1) is 0 Å². The molecule has 0 radical (unpaired) electrons. The molecule has 1 aromatic rings. The monoisotopic (exact) mass is 403 g/mol. The molecular weight excluding hydrogens is 379 g/mol. The van der Waals surface area contributed by atoms with E-state index in [0.717, 1.165) is 19.2 Å². The number of ether oxygens (including phenoxy) is 2. The number of rotatable bonds is 7. The highest BCUT2D eigenvalue weighted by Crippen LogP contribution is 2.29. The third kappa shape index (κ3) is 8.41. The Morgan fingerprint density at radius 3 is 2.32 bits per heavy atom. The van der Waals surface area contributed by atoms with Crippen molar-refractivity contribution in [3.63, 3.8) is 0 Å². The molecule has 1 aromatic carbocycles. The Bertz CT molecular complexity index is 710. The molecule has 0 fully saturated rings. The largest absolute Gasteiger partial charge is 0.467 e. The number of carbonyl (C=O) groups is 3. The van der Waals surface area contributed by atoms with Crippen molar-refractivity contribution in [2.45, 2.75) is 57.9 Å². The van der Waals surface area contributed by atoms with Crippen LogP contribution in [0.15, 0.2) is 24.3 Å². The Kier molecular flexibility index (Phi) is 8.01. The second kappa shape index (κ2) is 9.57. The van der Waals surface area contributed by atoms with Crippen molar-refractivity contribution < 1.29 is 37.0 Å². The van der Waals surface area contributed by atoms with Crippen molar-refractivity contribution in [3.8, 4) is 0 Å². The molecule has 0 aliphatic rings. The number of benzene rings is 1. The van der Waals surface area contributed by atoms with E-state index < -0.39 is 41.2 Å². The van der Waals surface area contributed by atoms with E-state index in [-0.39, 0.29) is 24.8 Å². The molecule has 1 amide bonds. The molecule has 0 aliphatic heterocycles. The van der Waals surface area contributed by atoms with Gasteiger partial charge in [-0.2, -0.15) is 13.2 Å². The summed E-state index contributed by atoms with van der Waals surface area (Å²) in [6, 6.07) is 3.23. The van der Waals surface area contributed by atoms with Gasteiger partial charge in [0.15, 0.2) is 0 Å². The van der Waals surface area contributed by atoms with Crippen LogP contribution in [0.4, 0.5) is 13.2 Å². The average Bonchev–Trinajstić information content (AvgIpc) is 2.55. The van der Waals surface area contributed by atoms with Crippen molar-refractivity contribution in [1.29, 1.82) is 0 Å². The summed E-state index contributed by atoms with van der Waals surface area (Å²) in [6.07, 6.45) is -5.07. The number of carbonyl (C=O) groups excluding carboxylic acids is 3. The minimum Gasteiger partial charge on any atom is -0.467 e. The fourth-order valence-corrected chi connectivity index (χ4v) is 2.33. The Morgan fingerprint density at radius 2 is 1.79 bits per heavy atom. The molecule has 0 saturated heterocycles. The Balaban J connectivity index is 2.72. The van der Waals surface area contributed by atoms with Gasteiger partial charge in [0, 0.05) is 6.42 Å². The van der Waals surface area contributed by atoms with Gasteiger partial charge >= 0.3 is 18.1 Å². The maximum atomic E-state index is 12.8. The molecule has 0 bridgehead atoms. The van der Waals surface area contributed by atoms with Crippen LogP contribution in [0.3, 0.4) is 0 Å². The first-order valence-corrected chi connectivity index (χ1v) is 8.57. The quantitative estimate of drug-likeness (QED) is 0.708. The smallest absolute Gasteiger partial charge is 0.416 e. The molecule has 9 heteroatoms. The topological polar surface area (TPSA) is 81.7 Å². The summed E-state index contributed by atoms with van der Waals surface area (Å²) in [5.74, 6) is -1.98. The Morgan fingerprint density at radius 1 is 1.14 bits per heavy atom.